The molecule has 0 aromatic carbocycles. The van der Waals surface area contributed by atoms with E-state index in [9.17, 15) is 15.0 Å². The number of esters is 1. The van der Waals surface area contributed by atoms with Crippen LogP contribution in [0.3, 0.4) is 0 Å². The Bertz CT molecular complexity index is 462. The molecule has 0 saturated carbocycles. The highest BCUT2D eigenvalue weighted by Gasteiger charge is 2.50. The number of hydrogen-bond donors (Lipinski definition) is 2. The molecule has 2 aliphatic heterocycles. The van der Waals surface area contributed by atoms with Crippen LogP contribution >= 0.6 is 0 Å². The molecule has 2 N–H and O–H groups in total. The summed E-state index contributed by atoms with van der Waals surface area (Å²) in [6, 6.07) is 0. The Morgan fingerprint density at radius 2 is 1.54 bits per heavy atom. The smallest absolute Gasteiger partial charge is 0.303 e. The van der Waals surface area contributed by atoms with E-state index in [1.54, 1.807) is 20.8 Å². The molecular weight excluding hydrogens is 316 g/mol. The van der Waals surface area contributed by atoms with Gasteiger partial charge in [-0.2, -0.15) is 0 Å². The van der Waals surface area contributed by atoms with E-state index in [2.05, 4.69) is 0 Å². The molecule has 0 aromatic rings. The standard InChI is InChI=1S/C17H30O7/c1-9-7-16(5,19)15(10(2)21-9)24-13-8-17(6,20)14(11(3)22-13)23-12(4)18/h9-11,13-15,19-20H,7-8H2,1-6H3. The second kappa shape index (κ2) is 6.88. The molecule has 0 spiro atoms. The lowest BCUT2D eigenvalue weighted by Gasteiger charge is -2.48. The third kappa shape index (κ3) is 4.26. The van der Waals surface area contributed by atoms with Crippen molar-refractivity contribution in [1.82, 2.24) is 0 Å². The normalized spacial score (nSPS) is 49.7. The maximum Gasteiger partial charge on any atom is 0.303 e. The van der Waals surface area contributed by atoms with Crippen molar-refractivity contribution in [2.45, 2.75) is 102 Å². The van der Waals surface area contributed by atoms with Gasteiger partial charge in [0.25, 0.3) is 0 Å². The average molecular weight is 346 g/mol. The minimum atomic E-state index is -1.29. The SMILES string of the molecule is CC(=O)OC1C(C)OC(OC2C(C)OC(C)CC2(C)O)CC1(C)O. The summed E-state index contributed by atoms with van der Waals surface area (Å²) in [7, 11) is 0. The monoisotopic (exact) mass is 346 g/mol. The van der Waals surface area contributed by atoms with E-state index < -0.39 is 41.8 Å². The van der Waals surface area contributed by atoms with E-state index in [1.165, 1.54) is 6.92 Å². The highest BCUT2D eigenvalue weighted by molar-refractivity contribution is 5.66. The lowest BCUT2D eigenvalue weighted by molar-refractivity contribution is -0.321. The van der Waals surface area contributed by atoms with Crippen molar-refractivity contribution in [1.29, 1.82) is 0 Å². The van der Waals surface area contributed by atoms with Crippen molar-refractivity contribution < 1.29 is 34.0 Å². The van der Waals surface area contributed by atoms with E-state index in [0.717, 1.165) is 0 Å². The molecule has 2 aliphatic rings. The first-order chi connectivity index (χ1) is 10.9. The van der Waals surface area contributed by atoms with Crippen LogP contribution in [0.25, 0.3) is 0 Å². The van der Waals surface area contributed by atoms with Gasteiger partial charge in [-0.3, -0.25) is 4.79 Å². The summed E-state index contributed by atoms with van der Waals surface area (Å²) in [5, 5.41) is 21.3. The van der Waals surface area contributed by atoms with E-state index in [1.807, 2.05) is 13.8 Å². The van der Waals surface area contributed by atoms with E-state index in [-0.39, 0.29) is 18.6 Å². The molecule has 8 atom stereocenters. The first-order valence-corrected chi connectivity index (χ1v) is 8.51. The highest BCUT2D eigenvalue weighted by Crippen LogP contribution is 2.36. The minimum Gasteiger partial charge on any atom is -0.457 e. The lowest BCUT2D eigenvalue weighted by Crippen LogP contribution is -2.61. The second-order valence-corrected chi connectivity index (χ2v) is 7.63. The third-order valence-corrected chi connectivity index (χ3v) is 4.76. The highest BCUT2D eigenvalue weighted by atomic mass is 16.7. The fourth-order valence-electron chi connectivity index (χ4n) is 3.91. The Morgan fingerprint density at radius 3 is 2.04 bits per heavy atom. The number of hydrogen-bond acceptors (Lipinski definition) is 7. The van der Waals surface area contributed by atoms with E-state index >= 15 is 0 Å². The van der Waals surface area contributed by atoms with Crippen LogP contribution in [-0.4, -0.2) is 64.2 Å². The maximum absolute atomic E-state index is 11.2. The van der Waals surface area contributed by atoms with Crippen LogP contribution in [0, 0.1) is 0 Å². The predicted octanol–water partition coefficient (Wildman–Crippen LogP) is 1.14. The van der Waals surface area contributed by atoms with Crippen molar-refractivity contribution in [3.05, 3.63) is 0 Å². The topological polar surface area (TPSA) is 94.5 Å². The molecule has 2 rings (SSSR count). The van der Waals surface area contributed by atoms with Crippen LogP contribution in [-0.2, 0) is 23.7 Å². The number of carbonyl (C=O) groups excluding carboxylic acids is 1. The van der Waals surface area contributed by atoms with Gasteiger partial charge >= 0.3 is 5.97 Å². The molecule has 7 nitrogen and oxygen atoms in total. The fraction of sp³-hybridized carbons (Fsp3) is 0.941. The molecule has 0 aliphatic carbocycles. The molecule has 0 aromatic heterocycles. The van der Waals surface area contributed by atoms with Crippen LogP contribution in [0.15, 0.2) is 0 Å². The second-order valence-electron chi connectivity index (χ2n) is 7.63. The third-order valence-electron chi connectivity index (χ3n) is 4.76. The van der Waals surface area contributed by atoms with Gasteiger partial charge in [-0.05, 0) is 34.6 Å². The Morgan fingerprint density at radius 1 is 1.00 bits per heavy atom. The van der Waals surface area contributed by atoms with Crippen LogP contribution < -0.4 is 0 Å². The first-order valence-electron chi connectivity index (χ1n) is 8.51. The summed E-state index contributed by atoms with van der Waals surface area (Å²) in [6.45, 7) is 10.1. The van der Waals surface area contributed by atoms with Gasteiger partial charge in [0, 0.05) is 19.8 Å². The zero-order chi connectivity index (χ0) is 18.3. The molecule has 0 amide bonds. The molecule has 0 bridgehead atoms. The molecule has 2 heterocycles. The molecule has 0 radical (unpaired) electrons. The van der Waals surface area contributed by atoms with Crippen LogP contribution in [0.1, 0.15) is 54.4 Å². The van der Waals surface area contributed by atoms with Gasteiger partial charge in [-0.25, -0.2) is 0 Å². The van der Waals surface area contributed by atoms with Crippen molar-refractivity contribution in [2.24, 2.45) is 0 Å². The van der Waals surface area contributed by atoms with Gasteiger partial charge in [-0.1, -0.05) is 0 Å². The number of carbonyl (C=O) groups is 1. The molecule has 24 heavy (non-hydrogen) atoms. The van der Waals surface area contributed by atoms with Gasteiger partial charge in [0.05, 0.1) is 23.9 Å². The molecule has 140 valence electrons. The molecule has 2 saturated heterocycles. The van der Waals surface area contributed by atoms with Crippen molar-refractivity contribution in [3.63, 3.8) is 0 Å². The molecular formula is C17H30O7. The van der Waals surface area contributed by atoms with E-state index in [4.69, 9.17) is 18.9 Å². The lowest BCUT2D eigenvalue weighted by atomic mass is 9.85. The summed E-state index contributed by atoms with van der Waals surface area (Å²) in [4.78, 5) is 11.2. The number of aliphatic hydroxyl groups is 2. The first kappa shape index (κ1) is 19.6. The van der Waals surface area contributed by atoms with Gasteiger partial charge in [0.15, 0.2) is 12.4 Å². The minimum absolute atomic E-state index is 0.0579. The quantitative estimate of drug-likeness (QED) is 0.740. The average Bonchev–Trinajstić information content (AvgIpc) is 2.37. The van der Waals surface area contributed by atoms with Crippen molar-refractivity contribution in [2.75, 3.05) is 0 Å². The maximum atomic E-state index is 11.2. The van der Waals surface area contributed by atoms with Gasteiger partial charge in [-0.15, -0.1) is 0 Å². The molecule has 7 heteroatoms. The Labute approximate surface area is 143 Å². The summed E-state index contributed by atoms with van der Waals surface area (Å²) in [6.07, 6.45) is -2.39. The van der Waals surface area contributed by atoms with E-state index in [0.29, 0.717) is 6.42 Å². The zero-order valence-electron chi connectivity index (χ0n) is 15.3. The fourth-order valence-corrected chi connectivity index (χ4v) is 3.91. The van der Waals surface area contributed by atoms with Gasteiger partial charge in [0.1, 0.15) is 11.7 Å². The van der Waals surface area contributed by atoms with Gasteiger partial charge in [0.2, 0.25) is 0 Å². The molecule has 8 unspecified atom stereocenters. The Hall–Kier alpha value is -0.730. The summed E-state index contributed by atoms with van der Waals surface area (Å²) in [5.41, 5.74) is -2.34. The van der Waals surface area contributed by atoms with Crippen LogP contribution in [0.2, 0.25) is 0 Å². The van der Waals surface area contributed by atoms with Gasteiger partial charge < -0.3 is 29.2 Å². The number of rotatable bonds is 3. The summed E-state index contributed by atoms with van der Waals surface area (Å²) in [5.74, 6) is -0.471. The molecule has 2 fully saturated rings. The van der Waals surface area contributed by atoms with Crippen LogP contribution in [0.5, 0.6) is 0 Å². The van der Waals surface area contributed by atoms with Crippen molar-refractivity contribution >= 4 is 5.97 Å². The number of ether oxygens (including phenoxy) is 4. The Kier molecular flexibility index (Phi) is 5.62. The van der Waals surface area contributed by atoms with Crippen molar-refractivity contribution in [3.8, 4) is 0 Å². The van der Waals surface area contributed by atoms with Crippen LogP contribution in [0.4, 0.5) is 0 Å². The largest absolute Gasteiger partial charge is 0.457 e. The Balaban J connectivity index is 2.07. The summed E-state index contributed by atoms with van der Waals surface area (Å²) < 4.78 is 22.7. The zero-order valence-corrected chi connectivity index (χ0v) is 15.3. The summed E-state index contributed by atoms with van der Waals surface area (Å²) >= 11 is 0. The predicted molar refractivity (Wildman–Crippen MR) is 85.3 cm³/mol.